The summed E-state index contributed by atoms with van der Waals surface area (Å²) in [6.07, 6.45) is 2.15. The van der Waals surface area contributed by atoms with E-state index in [0.717, 1.165) is 18.1 Å². The van der Waals surface area contributed by atoms with E-state index in [0.29, 0.717) is 6.04 Å². The monoisotopic (exact) mass is 257 g/mol. The number of rotatable bonds is 6. The van der Waals surface area contributed by atoms with Gasteiger partial charge in [-0.15, -0.1) is 0 Å². The zero-order valence-electron chi connectivity index (χ0n) is 10.2. The molecule has 1 aromatic rings. The van der Waals surface area contributed by atoms with Gasteiger partial charge in [-0.05, 0) is 37.8 Å². The topological polar surface area (TPSA) is 3.24 Å². The second kappa shape index (κ2) is 7.21. The maximum Gasteiger partial charge on any atom is 0.0409 e. The summed E-state index contributed by atoms with van der Waals surface area (Å²) in [7, 11) is 0. The Bertz CT molecular complexity index is 315. The fourth-order valence-electron chi connectivity index (χ4n) is 1.60. The summed E-state index contributed by atoms with van der Waals surface area (Å²) in [4.78, 5) is 2.47. The highest BCUT2D eigenvalue weighted by molar-refractivity contribution is 7.98. The zero-order valence-corrected chi connectivity index (χ0v) is 11.8. The number of nitrogens with zero attached hydrogens (tertiary/aromatic N) is 1. The smallest absolute Gasteiger partial charge is 0.0409 e. The minimum Gasteiger partial charge on any atom is -0.296 e. The van der Waals surface area contributed by atoms with Crippen molar-refractivity contribution < 1.29 is 0 Å². The van der Waals surface area contributed by atoms with Gasteiger partial charge < -0.3 is 0 Å². The molecular formula is C13H20ClNS. The first-order valence-corrected chi connectivity index (χ1v) is 7.38. The first kappa shape index (κ1) is 13.9. The molecule has 0 aliphatic carbocycles. The average Bonchev–Trinajstić information content (AvgIpc) is 2.24. The van der Waals surface area contributed by atoms with Crippen LogP contribution in [0.2, 0.25) is 5.02 Å². The van der Waals surface area contributed by atoms with Gasteiger partial charge in [-0.2, -0.15) is 11.8 Å². The molecule has 0 heterocycles. The van der Waals surface area contributed by atoms with Crippen molar-refractivity contribution in [3.05, 3.63) is 34.9 Å². The molecule has 90 valence electrons. The van der Waals surface area contributed by atoms with Gasteiger partial charge in [0.05, 0.1) is 0 Å². The standard InChI is InChI=1S/C13H20ClNS/c1-11(2)15(7-8-16-3)10-12-5-4-6-13(14)9-12/h4-6,9,11H,7-8,10H2,1-3H3. The Kier molecular flexibility index (Phi) is 6.25. The Labute approximate surface area is 108 Å². The fraction of sp³-hybridized carbons (Fsp3) is 0.538. The van der Waals surface area contributed by atoms with Crippen LogP contribution in [0.5, 0.6) is 0 Å². The largest absolute Gasteiger partial charge is 0.296 e. The van der Waals surface area contributed by atoms with Crippen LogP contribution in [0, 0.1) is 0 Å². The van der Waals surface area contributed by atoms with Gasteiger partial charge >= 0.3 is 0 Å². The van der Waals surface area contributed by atoms with Crippen LogP contribution >= 0.6 is 23.4 Å². The Balaban J connectivity index is 2.60. The molecule has 16 heavy (non-hydrogen) atoms. The highest BCUT2D eigenvalue weighted by atomic mass is 35.5. The maximum absolute atomic E-state index is 5.99. The number of hydrogen-bond acceptors (Lipinski definition) is 2. The number of hydrogen-bond donors (Lipinski definition) is 0. The van der Waals surface area contributed by atoms with Crippen LogP contribution in [-0.4, -0.2) is 29.5 Å². The Morgan fingerprint density at radius 3 is 2.69 bits per heavy atom. The van der Waals surface area contributed by atoms with Gasteiger partial charge in [0.2, 0.25) is 0 Å². The van der Waals surface area contributed by atoms with E-state index >= 15 is 0 Å². The van der Waals surface area contributed by atoms with Crippen molar-refractivity contribution in [1.82, 2.24) is 4.90 Å². The molecule has 0 spiro atoms. The molecule has 3 heteroatoms. The summed E-state index contributed by atoms with van der Waals surface area (Å²) in [5.41, 5.74) is 1.29. The van der Waals surface area contributed by atoms with Crippen molar-refractivity contribution in [2.45, 2.75) is 26.4 Å². The SMILES string of the molecule is CSCCN(Cc1cccc(Cl)c1)C(C)C. The molecule has 0 amide bonds. The molecule has 0 saturated heterocycles. The molecule has 1 aromatic carbocycles. The van der Waals surface area contributed by atoms with Gasteiger partial charge in [0.15, 0.2) is 0 Å². The molecule has 0 N–H and O–H groups in total. The van der Waals surface area contributed by atoms with Crippen LogP contribution in [0.3, 0.4) is 0 Å². The number of benzene rings is 1. The van der Waals surface area contributed by atoms with Crippen LogP contribution in [0.4, 0.5) is 0 Å². The van der Waals surface area contributed by atoms with Gasteiger partial charge in [-0.1, -0.05) is 23.7 Å². The summed E-state index contributed by atoms with van der Waals surface area (Å²) in [6, 6.07) is 8.71. The molecule has 0 fully saturated rings. The normalized spacial score (nSPS) is 11.4. The molecule has 0 aromatic heterocycles. The molecule has 0 aliphatic heterocycles. The lowest BCUT2D eigenvalue weighted by molar-refractivity contribution is 0.227. The van der Waals surface area contributed by atoms with Crippen molar-refractivity contribution in [3.63, 3.8) is 0 Å². The van der Waals surface area contributed by atoms with Crippen molar-refractivity contribution >= 4 is 23.4 Å². The summed E-state index contributed by atoms with van der Waals surface area (Å²) < 4.78 is 0. The third-order valence-corrected chi connectivity index (χ3v) is 3.41. The van der Waals surface area contributed by atoms with Gasteiger partial charge in [0.1, 0.15) is 0 Å². The summed E-state index contributed by atoms with van der Waals surface area (Å²) in [5, 5.41) is 0.825. The lowest BCUT2D eigenvalue weighted by atomic mass is 10.2. The Hall–Kier alpha value is -0.180. The molecule has 1 nitrogen and oxygen atoms in total. The van der Waals surface area contributed by atoms with Crippen LogP contribution in [0.1, 0.15) is 19.4 Å². The van der Waals surface area contributed by atoms with Gasteiger partial charge in [-0.3, -0.25) is 4.90 Å². The lowest BCUT2D eigenvalue weighted by Crippen LogP contribution is -2.32. The average molecular weight is 258 g/mol. The predicted molar refractivity (Wildman–Crippen MR) is 75.4 cm³/mol. The highest BCUT2D eigenvalue weighted by Crippen LogP contribution is 2.14. The summed E-state index contributed by atoms with van der Waals surface area (Å²) in [6.45, 7) is 6.60. The van der Waals surface area contributed by atoms with E-state index in [-0.39, 0.29) is 0 Å². The van der Waals surface area contributed by atoms with E-state index in [1.807, 2.05) is 23.9 Å². The molecule has 0 unspecified atom stereocenters. The molecule has 0 aliphatic rings. The van der Waals surface area contributed by atoms with Gasteiger partial charge in [0.25, 0.3) is 0 Å². The van der Waals surface area contributed by atoms with E-state index < -0.39 is 0 Å². The minimum absolute atomic E-state index is 0.575. The second-order valence-electron chi connectivity index (χ2n) is 4.19. The van der Waals surface area contributed by atoms with E-state index in [4.69, 9.17) is 11.6 Å². The molecule has 0 radical (unpaired) electrons. The first-order valence-electron chi connectivity index (χ1n) is 5.61. The minimum atomic E-state index is 0.575. The Morgan fingerprint density at radius 1 is 1.38 bits per heavy atom. The van der Waals surface area contributed by atoms with Crippen molar-refractivity contribution in [2.24, 2.45) is 0 Å². The van der Waals surface area contributed by atoms with E-state index in [1.165, 1.54) is 11.3 Å². The van der Waals surface area contributed by atoms with Crippen molar-refractivity contribution in [2.75, 3.05) is 18.6 Å². The number of thioether (sulfide) groups is 1. The highest BCUT2D eigenvalue weighted by Gasteiger charge is 2.09. The lowest BCUT2D eigenvalue weighted by Gasteiger charge is -2.26. The van der Waals surface area contributed by atoms with Crippen LogP contribution in [0.25, 0.3) is 0 Å². The molecule has 0 saturated carbocycles. The fourth-order valence-corrected chi connectivity index (χ4v) is 2.23. The number of halogens is 1. The van der Waals surface area contributed by atoms with Gasteiger partial charge in [0, 0.05) is 29.9 Å². The predicted octanol–water partition coefficient (Wildman–Crippen LogP) is 3.91. The third kappa shape index (κ3) is 4.77. The zero-order chi connectivity index (χ0) is 12.0. The molecule has 1 rings (SSSR count). The molecular weight excluding hydrogens is 238 g/mol. The third-order valence-electron chi connectivity index (χ3n) is 2.59. The summed E-state index contributed by atoms with van der Waals surface area (Å²) in [5.74, 6) is 1.18. The van der Waals surface area contributed by atoms with E-state index in [9.17, 15) is 0 Å². The van der Waals surface area contributed by atoms with Crippen LogP contribution < -0.4 is 0 Å². The molecule has 0 atom stereocenters. The van der Waals surface area contributed by atoms with Crippen molar-refractivity contribution in [1.29, 1.82) is 0 Å². The van der Waals surface area contributed by atoms with E-state index in [2.05, 4.69) is 37.1 Å². The quantitative estimate of drug-likeness (QED) is 0.760. The maximum atomic E-state index is 5.99. The van der Waals surface area contributed by atoms with Crippen molar-refractivity contribution in [3.8, 4) is 0 Å². The molecule has 0 bridgehead atoms. The van der Waals surface area contributed by atoms with Crippen LogP contribution in [-0.2, 0) is 6.54 Å². The first-order chi connectivity index (χ1) is 7.63. The van der Waals surface area contributed by atoms with Gasteiger partial charge in [-0.25, -0.2) is 0 Å². The summed E-state index contributed by atoms with van der Waals surface area (Å²) >= 11 is 7.88. The van der Waals surface area contributed by atoms with Crippen LogP contribution in [0.15, 0.2) is 24.3 Å². The second-order valence-corrected chi connectivity index (χ2v) is 5.61. The Morgan fingerprint density at radius 2 is 2.12 bits per heavy atom. The van der Waals surface area contributed by atoms with E-state index in [1.54, 1.807) is 0 Å².